The lowest BCUT2D eigenvalue weighted by atomic mass is 10.2. The van der Waals surface area contributed by atoms with Crippen molar-refractivity contribution in [2.45, 2.75) is 38.1 Å². The predicted molar refractivity (Wildman–Crippen MR) is 99.8 cm³/mol. The fourth-order valence-electron chi connectivity index (χ4n) is 3.00. The van der Waals surface area contributed by atoms with E-state index in [0.717, 1.165) is 18.9 Å². The van der Waals surface area contributed by atoms with Crippen LogP contribution in [0.1, 0.15) is 31.6 Å². The highest BCUT2D eigenvalue weighted by Gasteiger charge is 2.29. The fourth-order valence-corrected chi connectivity index (χ4v) is 3.00. The van der Waals surface area contributed by atoms with Gasteiger partial charge in [-0.3, -0.25) is 9.78 Å². The molecule has 2 N–H and O–H groups in total. The van der Waals surface area contributed by atoms with Crippen molar-refractivity contribution in [2.24, 2.45) is 0 Å². The summed E-state index contributed by atoms with van der Waals surface area (Å²) < 4.78 is 40.1. The summed E-state index contributed by atoms with van der Waals surface area (Å²) in [6.07, 6.45) is 2.21. The summed E-state index contributed by atoms with van der Waals surface area (Å²) in [6, 6.07) is 5.46. The molecule has 0 saturated carbocycles. The van der Waals surface area contributed by atoms with E-state index in [1.807, 2.05) is 6.92 Å². The molecule has 2 aliphatic rings. The van der Waals surface area contributed by atoms with Gasteiger partial charge in [-0.25, -0.2) is 4.39 Å². The maximum absolute atomic E-state index is 12.5. The van der Waals surface area contributed by atoms with Gasteiger partial charge in [0.25, 0.3) is 5.91 Å². The number of hydrogen-bond donors (Lipinski definition) is 2. The first-order valence-corrected chi connectivity index (χ1v) is 9.14. The lowest BCUT2D eigenvalue weighted by Gasteiger charge is -2.12. The first-order valence-electron chi connectivity index (χ1n) is 9.14. The average molecular weight is 408 g/mol. The van der Waals surface area contributed by atoms with E-state index >= 15 is 0 Å². The molecule has 2 aromatic rings. The zero-order valence-corrected chi connectivity index (χ0v) is 16.0. The fraction of sp³-hybridized carbons (Fsp3) is 0.400. The van der Waals surface area contributed by atoms with E-state index in [-0.39, 0.29) is 24.4 Å². The van der Waals surface area contributed by atoms with E-state index in [2.05, 4.69) is 15.0 Å². The van der Waals surface area contributed by atoms with Crippen LogP contribution in [0, 0.1) is 11.6 Å². The van der Waals surface area contributed by atoms with E-state index in [0.29, 0.717) is 17.1 Å². The molecule has 3 atom stereocenters. The standard InChI is InChI=1S/C13H16N2O4.C7H6F2O/c1-7-2-3-10(19-7)13(17)15-8-4-11-12(14-5-8)9(16)6-18-11;1-10-6-4-2-3-5(8)7(6)9/h4-5,7,9-10,16H,2-3,6H2,1H3,(H,15,17);2-4H,1H3/t7?,9?,10-;/m1./s1. The van der Waals surface area contributed by atoms with Crippen molar-refractivity contribution in [3.8, 4) is 11.5 Å². The topological polar surface area (TPSA) is 89.9 Å². The molecule has 0 radical (unpaired) electrons. The summed E-state index contributed by atoms with van der Waals surface area (Å²) >= 11 is 0. The number of aliphatic hydroxyl groups is 1. The number of hydrogen-bond acceptors (Lipinski definition) is 6. The van der Waals surface area contributed by atoms with Gasteiger partial charge in [-0.2, -0.15) is 4.39 Å². The van der Waals surface area contributed by atoms with Gasteiger partial charge in [0.2, 0.25) is 5.82 Å². The molecular formula is C20H22F2N2O5. The largest absolute Gasteiger partial charge is 0.494 e. The Balaban J connectivity index is 0.000000204. The van der Waals surface area contributed by atoms with Crippen LogP contribution >= 0.6 is 0 Å². The van der Waals surface area contributed by atoms with Gasteiger partial charge in [0, 0.05) is 6.07 Å². The number of aromatic nitrogens is 1. The molecule has 156 valence electrons. The van der Waals surface area contributed by atoms with Crippen LogP contribution < -0.4 is 14.8 Å². The van der Waals surface area contributed by atoms with E-state index in [4.69, 9.17) is 9.47 Å². The van der Waals surface area contributed by atoms with Crippen molar-refractivity contribution in [1.29, 1.82) is 0 Å². The zero-order valence-electron chi connectivity index (χ0n) is 16.0. The predicted octanol–water partition coefficient (Wildman–Crippen LogP) is 2.99. The third-order valence-electron chi connectivity index (χ3n) is 4.52. The number of carbonyl (C=O) groups is 1. The number of amides is 1. The molecule has 3 heterocycles. The van der Waals surface area contributed by atoms with Crippen molar-refractivity contribution in [1.82, 2.24) is 4.98 Å². The van der Waals surface area contributed by atoms with Gasteiger partial charge >= 0.3 is 0 Å². The number of pyridine rings is 1. The van der Waals surface area contributed by atoms with Crippen LogP contribution in [0.5, 0.6) is 11.5 Å². The number of carbonyl (C=O) groups excluding carboxylic acids is 1. The lowest BCUT2D eigenvalue weighted by molar-refractivity contribution is -0.126. The maximum Gasteiger partial charge on any atom is 0.253 e. The Labute approximate surface area is 166 Å². The highest BCUT2D eigenvalue weighted by Crippen LogP contribution is 2.32. The van der Waals surface area contributed by atoms with Crippen LogP contribution in [0.25, 0.3) is 0 Å². The Kier molecular flexibility index (Phi) is 6.60. The molecule has 29 heavy (non-hydrogen) atoms. The Bertz CT molecular complexity index is 880. The quantitative estimate of drug-likeness (QED) is 0.812. The van der Waals surface area contributed by atoms with Crippen molar-refractivity contribution in [2.75, 3.05) is 19.0 Å². The SMILES string of the molecule is CC1CC[C@H](C(=O)Nc2cnc3c(c2)OCC3O)O1.COc1cccc(F)c1F. The molecule has 0 spiro atoms. The number of nitrogens with zero attached hydrogens (tertiary/aromatic N) is 1. The normalized spacial score (nSPS) is 22.2. The number of ether oxygens (including phenoxy) is 3. The molecule has 9 heteroatoms. The second-order valence-corrected chi connectivity index (χ2v) is 6.69. The molecule has 0 bridgehead atoms. The van der Waals surface area contributed by atoms with Crippen molar-refractivity contribution < 1.29 is 32.9 Å². The van der Waals surface area contributed by atoms with E-state index in [1.165, 1.54) is 25.4 Å². The van der Waals surface area contributed by atoms with E-state index in [1.54, 1.807) is 6.07 Å². The summed E-state index contributed by atoms with van der Waals surface area (Å²) in [5.41, 5.74) is 1.07. The first-order chi connectivity index (χ1) is 13.9. The molecular weight excluding hydrogens is 386 g/mol. The summed E-state index contributed by atoms with van der Waals surface area (Å²) in [4.78, 5) is 16.1. The molecule has 2 aliphatic heterocycles. The second-order valence-electron chi connectivity index (χ2n) is 6.69. The minimum atomic E-state index is -0.940. The van der Waals surface area contributed by atoms with Gasteiger partial charge in [-0.1, -0.05) is 6.07 Å². The Morgan fingerprint density at radius 1 is 1.34 bits per heavy atom. The minimum absolute atomic E-state index is 0.0694. The second kappa shape index (κ2) is 9.15. The van der Waals surface area contributed by atoms with Crippen LogP contribution in [-0.4, -0.2) is 41.9 Å². The third-order valence-corrected chi connectivity index (χ3v) is 4.52. The number of fused-ring (bicyclic) bond motifs is 1. The van der Waals surface area contributed by atoms with Crippen LogP contribution in [0.2, 0.25) is 0 Å². The van der Waals surface area contributed by atoms with Gasteiger partial charge in [-0.15, -0.1) is 0 Å². The van der Waals surface area contributed by atoms with Crippen molar-refractivity contribution in [3.05, 3.63) is 47.8 Å². The molecule has 1 saturated heterocycles. The molecule has 7 nitrogen and oxygen atoms in total. The van der Waals surface area contributed by atoms with Crippen molar-refractivity contribution >= 4 is 11.6 Å². The highest BCUT2D eigenvalue weighted by atomic mass is 19.2. The van der Waals surface area contributed by atoms with Crippen LogP contribution in [0.15, 0.2) is 30.5 Å². The van der Waals surface area contributed by atoms with Gasteiger partial charge in [0.1, 0.15) is 30.3 Å². The Morgan fingerprint density at radius 3 is 2.79 bits per heavy atom. The summed E-state index contributed by atoms with van der Waals surface area (Å²) in [7, 11) is 1.29. The summed E-state index contributed by atoms with van der Waals surface area (Å²) in [5.74, 6) is -1.54. The number of rotatable bonds is 3. The average Bonchev–Trinajstić information content (AvgIpc) is 3.30. The zero-order chi connectivity index (χ0) is 21.0. The summed E-state index contributed by atoms with van der Waals surface area (Å²) in [5, 5.41) is 12.3. The number of methoxy groups -OCH3 is 1. The number of halogens is 2. The van der Waals surface area contributed by atoms with Gasteiger partial charge in [0.15, 0.2) is 11.6 Å². The molecule has 1 aromatic heterocycles. The maximum atomic E-state index is 12.5. The molecule has 0 aliphatic carbocycles. The highest BCUT2D eigenvalue weighted by molar-refractivity contribution is 5.94. The molecule has 1 aromatic carbocycles. The van der Waals surface area contributed by atoms with Gasteiger partial charge in [-0.05, 0) is 31.9 Å². The van der Waals surface area contributed by atoms with Gasteiger partial charge < -0.3 is 24.6 Å². The number of aliphatic hydroxyl groups excluding tert-OH is 1. The third kappa shape index (κ3) is 4.99. The van der Waals surface area contributed by atoms with Gasteiger partial charge in [0.05, 0.1) is 25.1 Å². The van der Waals surface area contributed by atoms with E-state index in [9.17, 15) is 18.7 Å². The smallest absolute Gasteiger partial charge is 0.253 e. The van der Waals surface area contributed by atoms with Crippen LogP contribution in [-0.2, 0) is 9.53 Å². The number of nitrogens with one attached hydrogen (secondary N) is 1. The van der Waals surface area contributed by atoms with Crippen molar-refractivity contribution in [3.63, 3.8) is 0 Å². The first kappa shape index (κ1) is 20.9. The Morgan fingerprint density at radius 2 is 2.14 bits per heavy atom. The van der Waals surface area contributed by atoms with Crippen LogP contribution in [0.4, 0.5) is 14.5 Å². The van der Waals surface area contributed by atoms with E-state index < -0.39 is 23.8 Å². The molecule has 2 unspecified atom stereocenters. The Hall–Kier alpha value is -2.78. The number of benzene rings is 1. The molecule has 1 fully saturated rings. The molecule has 1 amide bonds. The minimum Gasteiger partial charge on any atom is -0.494 e. The molecule has 4 rings (SSSR count). The monoisotopic (exact) mass is 408 g/mol. The lowest BCUT2D eigenvalue weighted by Crippen LogP contribution is -2.27. The summed E-state index contributed by atoms with van der Waals surface area (Å²) in [6.45, 7) is 2.17. The number of anilines is 1. The van der Waals surface area contributed by atoms with Crippen LogP contribution in [0.3, 0.4) is 0 Å².